The lowest BCUT2D eigenvalue weighted by Crippen LogP contribution is -2.33. The molecule has 4 fully saturated rings. The number of Topliss-reactive ketones (excluding diaryl/α,β-unsaturated/α-hetero) is 2. The summed E-state index contributed by atoms with van der Waals surface area (Å²) in [5, 5.41) is 0. The lowest BCUT2D eigenvalue weighted by molar-refractivity contribution is -0.158. The lowest BCUT2D eigenvalue weighted by atomic mass is 9.84. The van der Waals surface area contributed by atoms with Crippen LogP contribution in [0.4, 0.5) is 0 Å². The van der Waals surface area contributed by atoms with Crippen molar-refractivity contribution in [3.63, 3.8) is 0 Å². The van der Waals surface area contributed by atoms with Crippen LogP contribution >= 0.6 is 0 Å². The van der Waals surface area contributed by atoms with Crippen molar-refractivity contribution in [3.05, 3.63) is 12.2 Å². The number of hydrogen-bond donors (Lipinski definition) is 0. The van der Waals surface area contributed by atoms with Gasteiger partial charge in [0, 0.05) is 25.7 Å². The van der Waals surface area contributed by atoms with E-state index in [1.807, 2.05) is 13.8 Å². The molecule has 0 aromatic heterocycles. The number of hydrogen-bond acceptors (Lipinski definition) is 6. The quantitative estimate of drug-likeness (QED) is 0.409. The average Bonchev–Trinajstić information content (AvgIpc) is 3.10. The van der Waals surface area contributed by atoms with E-state index in [0.29, 0.717) is 25.7 Å². The Labute approximate surface area is 146 Å². The molecule has 0 saturated carbocycles. The van der Waals surface area contributed by atoms with Crippen LogP contribution < -0.4 is 0 Å². The van der Waals surface area contributed by atoms with Crippen molar-refractivity contribution >= 4 is 17.5 Å². The molecule has 0 N–H and O–H groups in total. The molecule has 136 valence electrons. The highest BCUT2D eigenvalue weighted by atomic mass is 16.7. The molecule has 0 aliphatic carbocycles. The lowest BCUT2D eigenvalue weighted by Gasteiger charge is -2.27. The summed E-state index contributed by atoms with van der Waals surface area (Å²) >= 11 is 0. The zero-order valence-electron chi connectivity index (χ0n) is 14.7. The van der Waals surface area contributed by atoms with E-state index in [-0.39, 0.29) is 48.5 Å². The zero-order valence-corrected chi connectivity index (χ0v) is 14.7. The Hall–Kier alpha value is -1.53. The minimum absolute atomic E-state index is 0.00773. The SMILES string of the molecule is C=C(C)[C@@H]1CC[C@@]23O[C@@H]2[C@H](C[C@]2(C)CC(=O)[C@H](CC(=O)C1)O2)OC3=O. The van der Waals surface area contributed by atoms with Crippen LogP contribution in [0.15, 0.2) is 12.2 Å². The summed E-state index contributed by atoms with van der Waals surface area (Å²) < 4.78 is 17.3. The van der Waals surface area contributed by atoms with Crippen molar-refractivity contribution in [2.75, 3.05) is 0 Å². The second kappa shape index (κ2) is 5.48. The number of fused-ring (bicyclic) bond motifs is 2. The normalized spacial score (nSPS) is 46.6. The maximum Gasteiger partial charge on any atom is 0.341 e. The molecule has 4 aliphatic heterocycles. The fourth-order valence-electron chi connectivity index (χ4n) is 4.59. The van der Waals surface area contributed by atoms with Gasteiger partial charge in [0.05, 0.1) is 5.60 Å². The topological polar surface area (TPSA) is 82.2 Å². The molecule has 4 heterocycles. The van der Waals surface area contributed by atoms with Crippen molar-refractivity contribution < 1.29 is 28.6 Å². The van der Waals surface area contributed by atoms with Gasteiger partial charge in [0.1, 0.15) is 24.1 Å². The third kappa shape index (κ3) is 2.75. The third-order valence-corrected chi connectivity index (χ3v) is 6.10. The molecule has 0 aromatic carbocycles. The standard InChI is InChI=1S/C19H24O6/c1-10(2)11-4-5-19-16(25-19)15(23-17(19)22)9-18(3)8-13(21)14(24-18)7-12(20)6-11/h11,14-16H,1,4-9H2,2-3H3/t11-,14+,15+,16-,18+,19-/m1/s1. The fraction of sp³-hybridized carbons (Fsp3) is 0.737. The number of allylic oxidation sites excluding steroid dienone is 1. The number of carbonyl (C=O) groups excluding carboxylic acids is 3. The molecule has 6 heteroatoms. The van der Waals surface area contributed by atoms with E-state index >= 15 is 0 Å². The van der Waals surface area contributed by atoms with Gasteiger partial charge >= 0.3 is 5.97 Å². The molecule has 0 unspecified atom stereocenters. The first-order chi connectivity index (χ1) is 11.7. The average molecular weight is 348 g/mol. The molecule has 4 aliphatic rings. The number of carbonyl (C=O) groups is 3. The molecule has 0 amide bonds. The molecule has 0 aromatic rings. The third-order valence-electron chi connectivity index (χ3n) is 6.10. The Morgan fingerprint density at radius 2 is 1.96 bits per heavy atom. The smallest absolute Gasteiger partial charge is 0.341 e. The van der Waals surface area contributed by atoms with E-state index in [1.54, 1.807) is 0 Å². The molecule has 25 heavy (non-hydrogen) atoms. The van der Waals surface area contributed by atoms with Gasteiger partial charge in [-0.15, -0.1) is 0 Å². The van der Waals surface area contributed by atoms with E-state index in [2.05, 4.69) is 6.58 Å². The molecule has 0 spiro atoms. The van der Waals surface area contributed by atoms with Gasteiger partial charge in [-0.3, -0.25) is 9.59 Å². The maximum absolute atomic E-state index is 12.5. The van der Waals surface area contributed by atoms with Gasteiger partial charge in [0.2, 0.25) is 0 Å². The maximum atomic E-state index is 12.5. The Balaban J connectivity index is 1.62. The van der Waals surface area contributed by atoms with Crippen LogP contribution in [0.5, 0.6) is 0 Å². The first kappa shape index (κ1) is 16.9. The monoisotopic (exact) mass is 348 g/mol. The molecule has 4 bridgehead atoms. The van der Waals surface area contributed by atoms with Crippen molar-refractivity contribution in [1.82, 2.24) is 0 Å². The zero-order chi connectivity index (χ0) is 18.0. The summed E-state index contributed by atoms with van der Waals surface area (Å²) in [6, 6.07) is 0. The van der Waals surface area contributed by atoms with E-state index in [4.69, 9.17) is 14.2 Å². The summed E-state index contributed by atoms with van der Waals surface area (Å²) in [5.41, 5.74) is -0.673. The number of ether oxygens (including phenoxy) is 3. The highest BCUT2D eigenvalue weighted by molar-refractivity contribution is 5.92. The fourth-order valence-corrected chi connectivity index (χ4v) is 4.59. The van der Waals surface area contributed by atoms with Crippen LogP contribution in [0.25, 0.3) is 0 Å². The number of epoxide rings is 1. The highest BCUT2D eigenvalue weighted by Gasteiger charge is 2.73. The predicted octanol–water partition coefficient (Wildman–Crippen LogP) is 1.89. The van der Waals surface area contributed by atoms with Gasteiger partial charge in [-0.1, -0.05) is 12.2 Å². The Morgan fingerprint density at radius 1 is 1.20 bits per heavy atom. The van der Waals surface area contributed by atoms with Gasteiger partial charge < -0.3 is 14.2 Å². The second-order valence-corrected chi connectivity index (χ2v) is 8.30. The van der Waals surface area contributed by atoms with Gasteiger partial charge in [0.15, 0.2) is 11.4 Å². The van der Waals surface area contributed by atoms with Crippen molar-refractivity contribution in [1.29, 1.82) is 0 Å². The van der Waals surface area contributed by atoms with Crippen LogP contribution in [-0.2, 0) is 28.6 Å². The number of rotatable bonds is 1. The minimum Gasteiger partial charge on any atom is -0.457 e. The predicted molar refractivity (Wildman–Crippen MR) is 86.8 cm³/mol. The first-order valence-electron chi connectivity index (χ1n) is 8.99. The minimum atomic E-state index is -0.867. The molecular weight excluding hydrogens is 324 g/mol. The van der Waals surface area contributed by atoms with Crippen LogP contribution in [0.2, 0.25) is 0 Å². The summed E-state index contributed by atoms with van der Waals surface area (Å²) in [5.74, 6) is -0.390. The molecule has 6 atom stereocenters. The largest absolute Gasteiger partial charge is 0.457 e. The molecular formula is C19H24O6. The van der Waals surface area contributed by atoms with Crippen molar-refractivity contribution in [2.45, 2.75) is 81.9 Å². The molecule has 4 rings (SSSR count). The first-order valence-corrected chi connectivity index (χ1v) is 8.99. The van der Waals surface area contributed by atoms with E-state index in [1.165, 1.54) is 0 Å². The number of ketones is 2. The molecule has 4 saturated heterocycles. The summed E-state index contributed by atoms with van der Waals surface area (Å²) in [6.45, 7) is 7.72. The summed E-state index contributed by atoms with van der Waals surface area (Å²) in [4.78, 5) is 37.1. The van der Waals surface area contributed by atoms with Gasteiger partial charge in [-0.25, -0.2) is 4.79 Å². The van der Waals surface area contributed by atoms with Gasteiger partial charge in [-0.05, 0) is 32.6 Å². The van der Waals surface area contributed by atoms with E-state index < -0.39 is 17.3 Å². The highest BCUT2D eigenvalue weighted by Crippen LogP contribution is 2.53. The second-order valence-electron chi connectivity index (χ2n) is 8.30. The summed E-state index contributed by atoms with van der Waals surface area (Å²) in [6.07, 6.45) is 0.945. The summed E-state index contributed by atoms with van der Waals surface area (Å²) in [7, 11) is 0. The van der Waals surface area contributed by atoms with Crippen molar-refractivity contribution in [2.24, 2.45) is 5.92 Å². The molecule has 6 nitrogen and oxygen atoms in total. The van der Waals surface area contributed by atoms with Crippen LogP contribution in [0.3, 0.4) is 0 Å². The van der Waals surface area contributed by atoms with Crippen molar-refractivity contribution in [3.8, 4) is 0 Å². The molecule has 0 radical (unpaired) electrons. The van der Waals surface area contributed by atoms with E-state index in [0.717, 1.165) is 5.57 Å². The van der Waals surface area contributed by atoms with Crippen LogP contribution in [0.1, 0.15) is 52.4 Å². The Morgan fingerprint density at radius 3 is 2.64 bits per heavy atom. The van der Waals surface area contributed by atoms with Crippen LogP contribution in [-0.4, -0.2) is 47.0 Å². The number of esters is 1. The van der Waals surface area contributed by atoms with Gasteiger partial charge in [-0.2, -0.15) is 0 Å². The Bertz CT molecular complexity index is 669. The van der Waals surface area contributed by atoms with E-state index in [9.17, 15) is 14.4 Å². The van der Waals surface area contributed by atoms with Crippen LogP contribution in [0, 0.1) is 5.92 Å². The Kier molecular flexibility index (Phi) is 3.71. The van der Waals surface area contributed by atoms with Gasteiger partial charge in [0.25, 0.3) is 0 Å².